The largest absolute Gasteiger partial charge is 0.316 e. The van der Waals surface area contributed by atoms with Crippen molar-refractivity contribution in [3.8, 4) is 0 Å². The number of hydrogen-bond acceptors (Lipinski definition) is 2. The summed E-state index contributed by atoms with van der Waals surface area (Å²) in [7, 11) is 1.96. The third-order valence-corrected chi connectivity index (χ3v) is 3.47. The number of aryl methyl sites for hydroxylation is 1. The fourth-order valence-corrected chi connectivity index (χ4v) is 2.60. The van der Waals surface area contributed by atoms with Crippen LogP contribution in [0.25, 0.3) is 0 Å². The zero-order valence-electron chi connectivity index (χ0n) is 8.63. The van der Waals surface area contributed by atoms with Crippen molar-refractivity contribution in [3.63, 3.8) is 0 Å². The maximum absolute atomic E-state index is 6.11. The molecule has 0 amide bonds. The van der Waals surface area contributed by atoms with Gasteiger partial charge in [-0.05, 0) is 25.4 Å². The Hall–Kier alpha value is -0.540. The Bertz CT molecular complexity index is 296. The van der Waals surface area contributed by atoms with E-state index in [9.17, 15) is 0 Å². The van der Waals surface area contributed by atoms with E-state index in [4.69, 9.17) is 11.6 Å². The Morgan fingerprint density at radius 3 is 3.00 bits per heavy atom. The highest BCUT2D eigenvalue weighted by Crippen LogP contribution is 2.32. The van der Waals surface area contributed by atoms with Crippen LogP contribution in [0, 0.1) is 5.92 Å². The van der Waals surface area contributed by atoms with E-state index in [1.807, 2.05) is 11.7 Å². The van der Waals surface area contributed by atoms with E-state index in [2.05, 4.69) is 17.3 Å². The van der Waals surface area contributed by atoms with Crippen molar-refractivity contribution in [2.75, 3.05) is 13.1 Å². The number of halogens is 1. The topological polar surface area (TPSA) is 29.9 Å². The van der Waals surface area contributed by atoms with Gasteiger partial charge in [0, 0.05) is 13.0 Å². The fourth-order valence-electron chi connectivity index (χ4n) is 2.26. The van der Waals surface area contributed by atoms with Gasteiger partial charge in [-0.1, -0.05) is 18.5 Å². The fraction of sp³-hybridized carbons (Fsp3) is 0.700. The Labute approximate surface area is 89.4 Å². The van der Waals surface area contributed by atoms with E-state index in [-0.39, 0.29) is 0 Å². The first kappa shape index (κ1) is 9.99. The third-order valence-electron chi connectivity index (χ3n) is 3.17. The molecule has 1 N–H and O–H groups in total. The molecule has 78 valence electrons. The molecule has 0 spiro atoms. The van der Waals surface area contributed by atoms with Crippen LogP contribution in [0.5, 0.6) is 0 Å². The molecule has 14 heavy (non-hydrogen) atoms. The Morgan fingerprint density at radius 2 is 2.50 bits per heavy atom. The van der Waals surface area contributed by atoms with Gasteiger partial charge in [-0.15, -0.1) is 0 Å². The highest BCUT2D eigenvalue weighted by Gasteiger charge is 2.26. The van der Waals surface area contributed by atoms with Gasteiger partial charge in [-0.3, -0.25) is 4.68 Å². The van der Waals surface area contributed by atoms with Gasteiger partial charge < -0.3 is 5.32 Å². The van der Waals surface area contributed by atoms with E-state index in [0.29, 0.717) is 11.8 Å². The molecule has 0 bridgehead atoms. The molecule has 3 nitrogen and oxygen atoms in total. The van der Waals surface area contributed by atoms with E-state index >= 15 is 0 Å². The van der Waals surface area contributed by atoms with Gasteiger partial charge >= 0.3 is 0 Å². The summed E-state index contributed by atoms with van der Waals surface area (Å²) in [6, 6.07) is 0. The van der Waals surface area contributed by atoms with E-state index < -0.39 is 0 Å². The first-order valence-corrected chi connectivity index (χ1v) is 5.46. The molecule has 1 saturated heterocycles. The first-order chi connectivity index (χ1) is 6.70. The number of aromatic nitrogens is 2. The molecule has 0 saturated carbocycles. The minimum Gasteiger partial charge on any atom is -0.316 e. The first-order valence-electron chi connectivity index (χ1n) is 5.08. The highest BCUT2D eigenvalue weighted by atomic mass is 35.5. The van der Waals surface area contributed by atoms with Crippen LogP contribution in [0.3, 0.4) is 0 Å². The second kappa shape index (κ2) is 3.91. The lowest BCUT2D eigenvalue weighted by atomic mass is 9.90. The second-order valence-electron chi connectivity index (χ2n) is 4.04. The zero-order valence-corrected chi connectivity index (χ0v) is 9.38. The molecule has 1 aliphatic heterocycles. The van der Waals surface area contributed by atoms with Gasteiger partial charge in [0.15, 0.2) is 0 Å². The van der Waals surface area contributed by atoms with Gasteiger partial charge in [0.25, 0.3) is 0 Å². The molecular formula is C10H16ClN3. The smallest absolute Gasteiger partial charge is 0.0820 e. The number of nitrogens with zero attached hydrogens (tertiary/aromatic N) is 2. The molecule has 2 rings (SSSR count). The highest BCUT2D eigenvalue weighted by molar-refractivity contribution is 6.31. The van der Waals surface area contributed by atoms with Crippen molar-refractivity contribution in [3.05, 3.63) is 16.9 Å². The number of hydrogen-bond donors (Lipinski definition) is 1. The molecule has 2 atom stereocenters. The SMILES string of the molecule is CC(c1c(Cl)cnn1C)C1CCNC1. The summed E-state index contributed by atoms with van der Waals surface area (Å²) in [6.07, 6.45) is 2.97. The van der Waals surface area contributed by atoms with Crippen molar-refractivity contribution in [2.24, 2.45) is 13.0 Å². The molecule has 0 aromatic carbocycles. The lowest BCUT2D eigenvalue weighted by Gasteiger charge is -2.18. The van der Waals surface area contributed by atoms with Crippen LogP contribution >= 0.6 is 11.6 Å². The van der Waals surface area contributed by atoms with Crippen molar-refractivity contribution in [1.29, 1.82) is 0 Å². The lowest BCUT2D eigenvalue weighted by Crippen LogP contribution is -2.16. The molecule has 4 heteroatoms. The molecule has 2 unspecified atom stereocenters. The summed E-state index contributed by atoms with van der Waals surface area (Å²) in [5.74, 6) is 1.19. The van der Waals surface area contributed by atoms with E-state index in [1.165, 1.54) is 12.1 Å². The maximum Gasteiger partial charge on any atom is 0.0820 e. The minimum atomic E-state index is 0.491. The second-order valence-corrected chi connectivity index (χ2v) is 4.45. The molecule has 0 aliphatic carbocycles. The third kappa shape index (κ3) is 1.66. The zero-order chi connectivity index (χ0) is 10.1. The van der Waals surface area contributed by atoms with Crippen molar-refractivity contribution >= 4 is 11.6 Å². The van der Waals surface area contributed by atoms with Crippen LogP contribution in [0.1, 0.15) is 25.0 Å². The standard InChI is InChI=1S/C10H16ClN3/c1-7(8-3-4-12-5-8)10-9(11)6-13-14(10)2/h6-8,12H,3-5H2,1-2H3. The van der Waals surface area contributed by atoms with Gasteiger partial charge in [0.1, 0.15) is 0 Å². The summed E-state index contributed by atoms with van der Waals surface area (Å²) < 4.78 is 1.89. The Balaban J connectivity index is 2.21. The summed E-state index contributed by atoms with van der Waals surface area (Å²) in [4.78, 5) is 0. The van der Waals surface area contributed by atoms with Crippen molar-refractivity contribution in [1.82, 2.24) is 15.1 Å². The monoisotopic (exact) mass is 213 g/mol. The molecule has 1 aliphatic rings. The molecule has 0 radical (unpaired) electrons. The maximum atomic E-state index is 6.11. The number of nitrogens with one attached hydrogen (secondary N) is 1. The predicted molar refractivity (Wildman–Crippen MR) is 57.6 cm³/mol. The normalized spacial score (nSPS) is 24.1. The molecule has 1 aromatic rings. The molecular weight excluding hydrogens is 198 g/mol. The van der Waals surface area contributed by atoms with Gasteiger partial charge in [-0.2, -0.15) is 5.10 Å². The van der Waals surface area contributed by atoms with Crippen LogP contribution in [0.15, 0.2) is 6.20 Å². The predicted octanol–water partition coefficient (Wildman–Crippen LogP) is 1.79. The Morgan fingerprint density at radius 1 is 1.71 bits per heavy atom. The van der Waals surface area contributed by atoms with Gasteiger partial charge in [0.05, 0.1) is 16.9 Å². The van der Waals surface area contributed by atoms with Crippen LogP contribution in [0.2, 0.25) is 5.02 Å². The van der Waals surface area contributed by atoms with E-state index in [1.54, 1.807) is 6.20 Å². The van der Waals surface area contributed by atoms with Crippen LogP contribution in [-0.4, -0.2) is 22.9 Å². The minimum absolute atomic E-state index is 0.491. The van der Waals surface area contributed by atoms with E-state index in [0.717, 1.165) is 18.1 Å². The summed E-state index contributed by atoms with van der Waals surface area (Å²) in [6.45, 7) is 4.47. The summed E-state index contributed by atoms with van der Waals surface area (Å²) in [5, 5.41) is 8.35. The Kier molecular flexibility index (Phi) is 2.79. The van der Waals surface area contributed by atoms with Crippen LogP contribution < -0.4 is 5.32 Å². The van der Waals surface area contributed by atoms with Crippen molar-refractivity contribution < 1.29 is 0 Å². The van der Waals surface area contributed by atoms with Gasteiger partial charge in [-0.25, -0.2) is 0 Å². The summed E-state index contributed by atoms with van der Waals surface area (Å²) in [5.41, 5.74) is 1.17. The summed E-state index contributed by atoms with van der Waals surface area (Å²) >= 11 is 6.11. The van der Waals surface area contributed by atoms with Crippen molar-refractivity contribution in [2.45, 2.75) is 19.3 Å². The molecule has 2 heterocycles. The molecule has 1 fully saturated rings. The van der Waals surface area contributed by atoms with Gasteiger partial charge in [0.2, 0.25) is 0 Å². The average molecular weight is 214 g/mol. The quantitative estimate of drug-likeness (QED) is 0.812. The number of rotatable bonds is 2. The van der Waals surface area contributed by atoms with Crippen LogP contribution in [0.4, 0.5) is 0 Å². The van der Waals surface area contributed by atoms with Crippen LogP contribution in [-0.2, 0) is 7.05 Å². The lowest BCUT2D eigenvalue weighted by molar-refractivity contribution is 0.461. The average Bonchev–Trinajstić information content (AvgIpc) is 2.75. The molecule has 1 aromatic heterocycles.